The zero-order chi connectivity index (χ0) is 110. The maximum atomic E-state index is 15.2. The molecule has 0 spiro atoms. The summed E-state index contributed by atoms with van der Waals surface area (Å²) in [5.41, 5.74) is 0.542. The Morgan fingerprint density at radius 2 is 0.527 bits per heavy atom. The molecule has 22 atom stereocenters. The molecule has 0 aromatic carbocycles. The summed E-state index contributed by atoms with van der Waals surface area (Å²) in [6, 6.07) is 0. The summed E-state index contributed by atoms with van der Waals surface area (Å²) in [6.07, 6.45) is 81.7. The molecule has 0 saturated carbocycles. The number of rotatable bonds is 105. The number of ether oxygens (including phenoxy) is 8. The SMILES string of the molecule is CCCCCCCCCCCCCCCCCC[C@H](C)C[C@H](C)[C@H](O)[C@H](C)C(=O)OC1[C@H](O)C(COC(=O)/C(C)=C/[C@@H](C)C[C@@H](C)CCCCCCCCCCCCCCCC)O[C@H](O[C@H]2OC(CO)[C@@H](OC(=O)[C@@H](C)[C@@H](O)[C@@H](C)C[C@@H](C)CCCCCCCCCCCCCCCCCC)C(O)[C@@H]2OC(=O)/C(C)=C/[C@@H](C)C[C@@H](C)CCCCCCCCCCCCCCCC)[C@@H]1OC(=O)CCCCCCCCCCCCCCC. The Kier molecular flexibility index (Phi) is 91.7. The Morgan fingerprint density at radius 1 is 0.280 bits per heavy atom. The fraction of sp³-hybridized carbons (Fsp3) is 0.932. The number of hydrogen-bond donors (Lipinski definition) is 5. The quantitative estimate of drug-likeness (QED) is 0.0164. The number of aliphatic hydroxyl groups excluding tert-OH is 5. The van der Waals surface area contributed by atoms with Gasteiger partial charge in [-0.15, -0.1) is 0 Å². The molecule has 884 valence electrons. The van der Waals surface area contributed by atoms with Gasteiger partial charge in [-0.3, -0.25) is 14.4 Å². The van der Waals surface area contributed by atoms with E-state index < -0.39 is 129 Å². The van der Waals surface area contributed by atoms with E-state index in [0.29, 0.717) is 43.1 Å². The number of allylic oxidation sites excluding steroid dienone is 2. The van der Waals surface area contributed by atoms with Gasteiger partial charge in [-0.2, -0.15) is 0 Å². The maximum absolute atomic E-state index is 15.2. The molecular formula is C132H248O18. The Bertz CT molecular complexity index is 3180. The van der Waals surface area contributed by atoms with Crippen molar-refractivity contribution < 1.29 is 87.4 Å². The molecule has 2 rings (SSSR count). The van der Waals surface area contributed by atoms with Gasteiger partial charge in [-0.1, -0.05) is 590 Å². The first-order valence-electron chi connectivity index (χ1n) is 65.2. The van der Waals surface area contributed by atoms with E-state index in [4.69, 9.17) is 37.9 Å². The van der Waals surface area contributed by atoms with E-state index in [-0.39, 0.29) is 47.5 Å². The zero-order valence-corrected chi connectivity index (χ0v) is 101. The van der Waals surface area contributed by atoms with E-state index in [2.05, 4.69) is 76.2 Å². The minimum absolute atomic E-state index is 0.0128. The molecule has 0 amide bonds. The molecule has 0 bridgehead atoms. The van der Waals surface area contributed by atoms with Crippen molar-refractivity contribution in [2.75, 3.05) is 13.2 Å². The third kappa shape index (κ3) is 72.6. The van der Waals surface area contributed by atoms with Crippen LogP contribution in [0.1, 0.15) is 644 Å². The van der Waals surface area contributed by atoms with Gasteiger partial charge in [0.25, 0.3) is 0 Å². The first kappa shape index (κ1) is 143. The van der Waals surface area contributed by atoms with Crippen molar-refractivity contribution in [3.05, 3.63) is 23.3 Å². The van der Waals surface area contributed by atoms with Gasteiger partial charge in [0.2, 0.25) is 12.6 Å². The molecule has 18 nitrogen and oxygen atoms in total. The van der Waals surface area contributed by atoms with E-state index >= 15 is 9.59 Å². The largest absolute Gasteiger partial charge is 0.459 e. The normalized spacial score (nSPS) is 20.7. The average Bonchev–Trinajstić information content (AvgIpc) is 0.767. The first-order chi connectivity index (χ1) is 72.6. The van der Waals surface area contributed by atoms with Crippen molar-refractivity contribution in [3.8, 4) is 0 Å². The van der Waals surface area contributed by atoms with E-state index in [0.717, 1.165) is 103 Å². The minimum Gasteiger partial charge on any atom is -0.459 e. The number of unbranched alkanes of at least 4 members (excludes halogenated alkanes) is 68. The molecule has 2 aliphatic heterocycles. The van der Waals surface area contributed by atoms with Crippen LogP contribution in [-0.2, 0) is 61.9 Å². The van der Waals surface area contributed by atoms with Gasteiger partial charge in [0.15, 0.2) is 24.4 Å². The Labute approximate surface area is 925 Å². The van der Waals surface area contributed by atoms with E-state index in [1.54, 1.807) is 27.7 Å². The van der Waals surface area contributed by atoms with Gasteiger partial charge >= 0.3 is 29.8 Å². The van der Waals surface area contributed by atoms with Crippen LogP contribution in [0.25, 0.3) is 0 Å². The second-order valence-electron chi connectivity index (χ2n) is 49.1. The number of hydrogen-bond acceptors (Lipinski definition) is 18. The molecule has 5 N–H and O–H groups in total. The molecule has 0 aromatic heterocycles. The van der Waals surface area contributed by atoms with E-state index in [1.165, 1.54) is 392 Å². The molecule has 4 unspecified atom stereocenters. The summed E-state index contributed by atoms with van der Waals surface area (Å²) in [5, 5.41) is 62.0. The molecule has 2 heterocycles. The summed E-state index contributed by atoms with van der Waals surface area (Å²) in [4.78, 5) is 74.5. The Hall–Kier alpha value is -3.49. The lowest BCUT2D eigenvalue weighted by atomic mass is 9.85. The lowest BCUT2D eigenvalue weighted by Crippen LogP contribution is -2.66. The van der Waals surface area contributed by atoms with Gasteiger partial charge < -0.3 is 63.4 Å². The first-order valence-corrected chi connectivity index (χ1v) is 65.2. The topological polar surface area (TPSA) is 260 Å². The Morgan fingerprint density at radius 3 is 0.813 bits per heavy atom. The van der Waals surface area contributed by atoms with Crippen LogP contribution in [-0.4, -0.2) is 142 Å². The molecular weight excluding hydrogens is 1870 g/mol. The number of esters is 5. The monoisotopic (exact) mass is 2120 g/mol. The summed E-state index contributed by atoms with van der Waals surface area (Å²) in [5.74, 6) is -5.90. The molecule has 0 aliphatic carbocycles. The maximum Gasteiger partial charge on any atom is 0.333 e. The number of carbonyl (C=O) groups excluding carboxylic acids is 5. The summed E-state index contributed by atoms with van der Waals surface area (Å²) in [7, 11) is 0. The number of aliphatic hydroxyl groups is 5. The molecule has 150 heavy (non-hydrogen) atoms. The van der Waals surface area contributed by atoms with Crippen LogP contribution in [0.15, 0.2) is 23.3 Å². The van der Waals surface area contributed by atoms with Crippen LogP contribution < -0.4 is 0 Å². The highest BCUT2D eigenvalue weighted by atomic mass is 16.8. The van der Waals surface area contributed by atoms with Gasteiger partial charge in [-0.25, -0.2) is 9.59 Å². The molecule has 2 saturated heterocycles. The van der Waals surface area contributed by atoms with Crippen LogP contribution in [0.5, 0.6) is 0 Å². The van der Waals surface area contributed by atoms with E-state index in [1.807, 2.05) is 26.0 Å². The lowest BCUT2D eigenvalue weighted by Gasteiger charge is -2.47. The van der Waals surface area contributed by atoms with Gasteiger partial charge in [-0.05, 0) is 107 Å². The van der Waals surface area contributed by atoms with Crippen LogP contribution in [0, 0.1) is 59.2 Å². The molecule has 0 aromatic rings. The van der Waals surface area contributed by atoms with Crippen LogP contribution in [0.4, 0.5) is 0 Å². The van der Waals surface area contributed by atoms with Crippen molar-refractivity contribution in [2.24, 2.45) is 59.2 Å². The van der Waals surface area contributed by atoms with Crippen LogP contribution in [0.2, 0.25) is 0 Å². The molecule has 0 radical (unpaired) electrons. The fourth-order valence-electron chi connectivity index (χ4n) is 23.6. The highest BCUT2D eigenvalue weighted by Gasteiger charge is 2.57. The lowest BCUT2D eigenvalue weighted by molar-refractivity contribution is -0.377. The Balaban J connectivity index is 2.71. The second-order valence-corrected chi connectivity index (χ2v) is 49.1. The van der Waals surface area contributed by atoms with Crippen molar-refractivity contribution >= 4 is 29.8 Å². The van der Waals surface area contributed by atoms with Gasteiger partial charge in [0.1, 0.15) is 31.0 Å². The predicted octanol–water partition coefficient (Wildman–Crippen LogP) is 36.4. The van der Waals surface area contributed by atoms with E-state index in [9.17, 15) is 39.9 Å². The van der Waals surface area contributed by atoms with Gasteiger partial charge in [0, 0.05) is 17.6 Å². The summed E-state index contributed by atoms with van der Waals surface area (Å²) < 4.78 is 52.1. The third-order valence-corrected chi connectivity index (χ3v) is 33.5. The smallest absolute Gasteiger partial charge is 0.333 e. The highest BCUT2D eigenvalue weighted by molar-refractivity contribution is 5.88. The number of carbonyl (C=O) groups is 5. The highest BCUT2D eigenvalue weighted by Crippen LogP contribution is 2.38. The minimum atomic E-state index is -2.01. The predicted molar refractivity (Wildman–Crippen MR) is 626 cm³/mol. The summed E-state index contributed by atoms with van der Waals surface area (Å²) >= 11 is 0. The van der Waals surface area contributed by atoms with Crippen molar-refractivity contribution in [1.29, 1.82) is 0 Å². The van der Waals surface area contributed by atoms with Crippen molar-refractivity contribution in [2.45, 2.75) is 718 Å². The standard InChI is InChI=1S/C132H248O18/c1-18-23-28-33-38-43-48-53-57-59-64-68-73-78-83-88-93-106(8)98-110(12)119(135)114(16)129(141)147-123-116(102-133)144-131(125(122(123)138)149-128(140)113(15)101-109(11)97-105(7)92-87-82-77-72-67-63-56-51-46-41-36-31-26-21-4)150-132-126(146-118(134)95-90-85-80-75-70-61-52-47-42-37-32-27-22-5)124(148-130(142)115(17)120(136)111(13)99-107(9)94-89-84-79-74-69-65-60-58-54-49-44-39-34-29-24-19-2)121(137)117(145-132)103-143-127(139)112(14)100-108(10)96-104(6)91-86-81-76-71-66-62-55-50-45-40-35-30-25-20-3/h100-101,104-111,114-117,119-126,131-133,135-138H,18-99,102-103H2,1-17H3/b112-100+,113-101+/t104-,105-,106-,107-,108-,109-,110-,111-,114-,115-,116?,117?,119-,120-,121+,122?,123+,124?,125-,126+,131+,132+/m0/s1. The summed E-state index contributed by atoms with van der Waals surface area (Å²) in [6.45, 7) is 33.2. The average molecular weight is 2120 g/mol. The van der Waals surface area contributed by atoms with Crippen LogP contribution in [0.3, 0.4) is 0 Å². The molecule has 18 heteroatoms. The fourth-order valence-corrected chi connectivity index (χ4v) is 23.6. The molecule has 2 fully saturated rings. The van der Waals surface area contributed by atoms with Crippen molar-refractivity contribution in [1.82, 2.24) is 0 Å². The van der Waals surface area contributed by atoms with Crippen LogP contribution >= 0.6 is 0 Å². The van der Waals surface area contributed by atoms with Gasteiger partial charge in [0.05, 0.1) is 30.7 Å². The van der Waals surface area contributed by atoms with Crippen molar-refractivity contribution in [3.63, 3.8) is 0 Å². The third-order valence-electron chi connectivity index (χ3n) is 33.5. The second kappa shape index (κ2) is 96.4. The zero-order valence-electron chi connectivity index (χ0n) is 101. The molecule has 2 aliphatic rings.